The number of halogens is 1. The van der Waals surface area contributed by atoms with Gasteiger partial charge in [-0.3, -0.25) is 4.90 Å². The third-order valence-corrected chi connectivity index (χ3v) is 5.99. The third-order valence-electron chi connectivity index (χ3n) is 4.19. The normalized spacial score (nSPS) is 23.3. The van der Waals surface area contributed by atoms with E-state index >= 15 is 0 Å². The van der Waals surface area contributed by atoms with Crippen LogP contribution in [0.2, 0.25) is 0 Å². The zero-order chi connectivity index (χ0) is 16.3. The van der Waals surface area contributed by atoms with Crippen LogP contribution in [0.15, 0.2) is 24.3 Å². The zero-order valence-electron chi connectivity index (χ0n) is 13.2. The maximum absolute atomic E-state index is 12.9. The number of hydrogen-bond acceptors (Lipinski definition) is 4. The molecule has 1 aromatic carbocycles. The molecule has 2 atom stereocenters. The average Bonchev–Trinajstić information content (AvgIpc) is 2.82. The fraction of sp³-hybridized carbons (Fsp3) is 0.600. The zero-order valence-corrected chi connectivity index (χ0v) is 14.0. The number of likely N-dealkylation sites (N-methyl/N-ethyl adjacent to an activating group) is 2. The van der Waals surface area contributed by atoms with Crippen LogP contribution in [-0.2, 0) is 20.5 Å². The predicted octanol–water partition coefficient (Wildman–Crippen LogP) is 1.31. The summed E-state index contributed by atoms with van der Waals surface area (Å²) in [6, 6.07) is 5.71. The monoisotopic (exact) mass is 330 g/mol. The molecule has 0 aromatic heterocycles. The predicted molar refractivity (Wildman–Crippen MR) is 83.5 cm³/mol. The number of nitrogens with zero attached hydrogens (tertiary/aromatic N) is 2. The Balaban J connectivity index is 1.98. The van der Waals surface area contributed by atoms with Crippen LogP contribution in [0.1, 0.15) is 12.0 Å². The highest BCUT2D eigenvalue weighted by molar-refractivity contribution is 7.88. The molecule has 0 N–H and O–H groups in total. The molecule has 0 amide bonds. The lowest BCUT2D eigenvalue weighted by molar-refractivity contribution is 0.111. The van der Waals surface area contributed by atoms with Crippen molar-refractivity contribution >= 4 is 10.0 Å². The van der Waals surface area contributed by atoms with E-state index in [2.05, 4.69) is 4.90 Å². The van der Waals surface area contributed by atoms with Crippen LogP contribution in [0.5, 0.6) is 0 Å². The van der Waals surface area contributed by atoms with Crippen molar-refractivity contribution in [2.24, 2.45) is 0 Å². The molecular weight excluding hydrogens is 307 g/mol. The van der Waals surface area contributed by atoms with Gasteiger partial charge in [-0.25, -0.2) is 17.1 Å². The SMILES string of the molecule is CO[C@H]1C[C@@H](CN(C)S(=O)(=O)Cc2ccc(F)cc2)N(C)C1. The molecule has 2 rings (SSSR count). The maximum Gasteiger partial charge on any atom is 0.218 e. The molecule has 1 heterocycles. The van der Waals surface area contributed by atoms with E-state index in [1.54, 1.807) is 14.2 Å². The van der Waals surface area contributed by atoms with Gasteiger partial charge in [0.2, 0.25) is 10.0 Å². The van der Waals surface area contributed by atoms with E-state index in [1.807, 2.05) is 7.05 Å². The Hall–Kier alpha value is -1.02. The summed E-state index contributed by atoms with van der Waals surface area (Å²) in [4.78, 5) is 2.12. The molecule has 0 spiro atoms. The summed E-state index contributed by atoms with van der Waals surface area (Å²) in [5, 5.41) is 0. The lowest BCUT2D eigenvalue weighted by Crippen LogP contribution is -2.39. The molecule has 124 valence electrons. The fourth-order valence-electron chi connectivity index (χ4n) is 2.72. The van der Waals surface area contributed by atoms with Gasteiger partial charge in [0.15, 0.2) is 0 Å². The van der Waals surface area contributed by atoms with E-state index < -0.39 is 10.0 Å². The molecular formula is C15H23FN2O3S. The minimum Gasteiger partial charge on any atom is -0.380 e. The molecule has 1 fully saturated rings. The maximum atomic E-state index is 12.9. The number of ether oxygens (including phenoxy) is 1. The highest BCUT2D eigenvalue weighted by Gasteiger charge is 2.32. The molecule has 5 nitrogen and oxygen atoms in total. The van der Waals surface area contributed by atoms with Gasteiger partial charge >= 0.3 is 0 Å². The van der Waals surface area contributed by atoms with E-state index in [0.29, 0.717) is 12.1 Å². The van der Waals surface area contributed by atoms with E-state index in [1.165, 1.54) is 28.6 Å². The van der Waals surface area contributed by atoms with Crippen molar-refractivity contribution in [2.75, 3.05) is 34.3 Å². The molecule has 1 aliphatic rings. The Kier molecular flexibility index (Phi) is 5.55. The van der Waals surface area contributed by atoms with Crippen LogP contribution < -0.4 is 0 Å². The van der Waals surface area contributed by atoms with Gasteiger partial charge in [0, 0.05) is 33.3 Å². The molecule has 0 saturated carbocycles. The van der Waals surface area contributed by atoms with E-state index in [-0.39, 0.29) is 23.7 Å². The molecule has 1 aromatic rings. The molecule has 1 aliphatic heterocycles. The summed E-state index contributed by atoms with van der Waals surface area (Å²) in [7, 11) is 1.82. The van der Waals surface area contributed by atoms with Crippen LogP contribution in [0, 0.1) is 5.82 Å². The molecule has 22 heavy (non-hydrogen) atoms. The minimum atomic E-state index is -3.42. The van der Waals surface area contributed by atoms with Crippen LogP contribution in [0.3, 0.4) is 0 Å². The fourth-order valence-corrected chi connectivity index (χ4v) is 3.96. The van der Waals surface area contributed by atoms with Crippen LogP contribution in [0.25, 0.3) is 0 Å². The molecule has 0 radical (unpaired) electrons. The lowest BCUT2D eigenvalue weighted by Gasteiger charge is -2.25. The van der Waals surface area contributed by atoms with Gasteiger partial charge < -0.3 is 4.74 Å². The second-order valence-electron chi connectivity index (χ2n) is 5.85. The first-order valence-corrected chi connectivity index (χ1v) is 8.84. The van der Waals surface area contributed by atoms with E-state index in [9.17, 15) is 12.8 Å². The van der Waals surface area contributed by atoms with Crippen molar-refractivity contribution in [3.8, 4) is 0 Å². The Labute approximate surface area is 131 Å². The van der Waals surface area contributed by atoms with Crippen LogP contribution in [0.4, 0.5) is 4.39 Å². The second kappa shape index (κ2) is 7.04. The molecule has 7 heteroatoms. The van der Waals surface area contributed by atoms with Crippen LogP contribution >= 0.6 is 0 Å². The van der Waals surface area contributed by atoms with Gasteiger partial charge in [-0.15, -0.1) is 0 Å². The van der Waals surface area contributed by atoms with Crippen molar-refractivity contribution in [2.45, 2.75) is 24.3 Å². The van der Waals surface area contributed by atoms with Gasteiger partial charge in [-0.05, 0) is 31.2 Å². The Morgan fingerprint density at radius 1 is 1.36 bits per heavy atom. The van der Waals surface area contributed by atoms with Crippen molar-refractivity contribution in [3.63, 3.8) is 0 Å². The number of benzene rings is 1. The topological polar surface area (TPSA) is 49.9 Å². The number of sulfonamides is 1. The summed E-state index contributed by atoms with van der Waals surface area (Å²) in [6.07, 6.45) is 0.979. The first-order valence-electron chi connectivity index (χ1n) is 7.23. The molecule has 1 saturated heterocycles. The number of methoxy groups -OCH3 is 1. The number of rotatable bonds is 6. The summed E-state index contributed by atoms with van der Waals surface area (Å²) < 4.78 is 44.4. The quantitative estimate of drug-likeness (QED) is 0.789. The van der Waals surface area contributed by atoms with Crippen molar-refractivity contribution in [3.05, 3.63) is 35.6 Å². The van der Waals surface area contributed by atoms with Gasteiger partial charge in [-0.2, -0.15) is 0 Å². The van der Waals surface area contributed by atoms with Crippen molar-refractivity contribution in [1.82, 2.24) is 9.21 Å². The Morgan fingerprint density at radius 2 is 2.00 bits per heavy atom. The van der Waals surface area contributed by atoms with E-state index in [4.69, 9.17) is 4.74 Å². The van der Waals surface area contributed by atoms with Crippen molar-refractivity contribution in [1.29, 1.82) is 0 Å². The molecule has 0 aliphatic carbocycles. The van der Waals surface area contributed by atoms with Gasteiger partial charge in [-0.1, -0.05) is 12.1 Å². The molecule has 0 bridgehead atoms. The molecule has 0 unspecified atom stereocenters. The average molecular weight is 330 g/mol. The third kappa shape index (κ3) is 4.25. The first kappa shape index (κ1) is 17.3. The number of hydrogen-bond donors (Lipinski definition) is 0. The second-order valence-corrected chi connectivity index (χ2v) is 7.93. The van der Waals surface area contributed by atoms with E-state index in [0.717, 1.165) is 13.0 Å². The van der Waals surface area contributed by atoms with Gasteiger partial charge in [0.25, 0.3) is 0 Å². The summed E-state index contributed by atoms with van der Waals surface area (Å²) in [5.74, 6) is -0.485. The Bertz CT molecular complexity index is 591. The highest BCUT2D eigenvalue weighted by atomic mass is 32.2. The largest absolute Gasteiger partial charge is 0.380 e. The van der Waals surface area contributed by atoms with Crippen LogP contribution in [-0.4, -0.2) is 64.1 Å². The van der Waals surface area contributed by atoms with Crippen molar-refractivity contribution < 1.29 is 17.5 Å². The summed E-state index contributed by atoms with van der Waals surface area (Å²) in [6.45, 7) is 1.24. The summed E-state index contributed by atoms with van der Waals surface area (Å²) in [5.41, 5.74) is 0.586. The first-order chi connectivity index (χ1) is 10.3. The smallest absolute Gasteiger partial charge is 0.218 e. The standard InChI is InChI=1S/C15H23FN2O3S/c1-17-10-15(21-3)8-14(17)9-18(2)22(19,20)11-12-4-6-13(16)7-5-12/h4-7,14-15H,8-11H2,1-3H3/t14-,15-/m0/s1. The van der Waals surface area contributed by atoms with Gasteiger partial charge in [0.05, 0.1) is 11.9 Å². The Morgan fingerprint density at radius 3 is 2.55 bits per heavy atom. The van der Waals surface area contributed by atoms with Gasteiger partial charge in [0.1, 0.15) is 5.82 Å². The summed E-state index contributed by atoms with van der Waals surface area (Å²) >= 11 is 0. The number of likely N-dealkylation sites (tertiary alicyclic amines) is 1. The highest BCUT2D eigenvalue weighted by Crippen LogP contribution is 2.20. The lowest BCUT2D eigenvalue weighted by atomic mass is 10.2. The minimum absolute atomic E-state index is 0.117.